The lowest BCUT2D eigenvalue weighted by molar-refractivity contribution is 0.0943. The van der Waals surface area contributed by atoms with Crippen molar-refractivity contribution in [3.05, 3.63) is 26.5 Å². The summed E-state index contributed by atoms with van der Waals surface area (Å²) in [5.41, 5.74) is -1.80. The van der Waals surface area contributed by atoms with Crippen LogP contribution in [0, 0.1) is 0 Å². The van der Waals surface area contributed by atoms with Crippen LogP contribution in [0.5, 0.6) is 0 Å². The van der Waals surface area contributed by atoms with Gasteiger partial charge in [-0.1, -0.05) is 0 Å². The maximum absolute atomic E-state index is 11.3. The molecular formula is C7H8N4O3. The molecule has 3 N–H and O–H groups in total. The fraction of sp³-hybridized carbons (Fsp3) is 0.429. The van der Waals surface area contributed by atoms with Crippen LogP contribution in [0.25, 0.3) is 0 Å². The highest BCUT2D eigenvalue weighted by molar-refractivity contribution is 5.92. The summed E-state index contributed by atoms with van der Waals surface area (Å²) in [7, 11) is 0. The number of carbonyl (C=O) groups is 1. The van der Waals surface area contributed by atoms with Crippen molar-refractivity contribution < 1.29 is 4.79 Å². The number of hydrogen-bond acceptors (Lipinski definition) is 4. The van der Waals surface area contributed by atoms with Crippen LogP contribution in [-0.4, -0.2) is 27.1 Å². The average molecular weight is 196 g/mol. The van der Waals surface area contributed by atoms with Gasteiger partial charge >= 0.3 is 5.69 Å². The topological polar surface area (TPSA) is 108 Å². The quantitative estimate of drug-likeness (QED) is 0.526. The second-order valence-corrected chi connectivity index (χ2v) is 3.10. The van der Waals surface area contributed by atoms with E-state index in [2.05, 4.69) is 10.4 Å². The first-order chi connectivity index (χ1) is 6.66. The van der Waals surface area contributed by atoms with Crippen molar-refractivity contribution in [3.8, 4) is 0 Å². The van der Waals surface area contributed by atoms with Gasteiger partial charge in [0.25, 0.3) is 11.5 Å². The highest BCUT2D eigenvalue weighted by Gasteiger charge is 2.25. The van der Waals surface area contributed by atoms with E-state index in [0.29, 0.717) is 0 Å². The number of amides is 1. The molecule has 0 radical (unpaired) electrons. The predicted molar refractivity (Wildman–Crippen MR) is 46.0 cm³/mol. The van der Waals surface area contributed by atoms with E-state index in [1.165, 1.54) is 0 Å². The van der Waals surface area contributed by atoms with E-state index in [1.54, 1.807) is 0 Å². The zero-order chi connectivity index (χ0) is 10.1. The van der Waals surface area contributed by atoms with E-state index in [0.717, 1.165) is 12.8 Å². The highest BCUT2D eigenvalue weighted by atomic mass is 16.2. The molecule has 74 valence electrons. The van der Waals surface area contributed by atoms with Crippen molar-refractivity contribution in [2.45, 2.75) is 18.9 Å². The molecule has 1 aliphatic rings. The molecule has 7 heteroatoms. The molecule has 0 spiro atoms. The first kappa shape index (κ1) is 8.67. The lowest BCUT2D eigenvalue weighted by Gasteiger charge is -1.99. The van der Waals surface area contributed by atoms with E-state index in [1.807, 2.05) is 10.1 Å². The second-order valence-electron chi connectivity index (χ2n) is 3.10. The zero-order valence-corrected chi connectivity index (χ0v) is 7.16. The Morgan fingerprint density at radius 3 is 2.71 bits per heavy atom. The lowest BCUT2D eigenvalue weighted by atomic mass is 10.4. The molecule has 2 rings (SSSR count). The summed E-state index contributed by atoms with van der Waals surface area (Å²) in [6.45, 7) is 0. The molecule has 1 aliphatic carbocycles. The van der Waals surface area contributed by atoms with Gasteiger partial charge in [0.15, 0.2) is 0 Å². The Morgan fingerprint density at radius 2 is 2.14 bits per heavy atom. The third kappa shape index (κ3) is 1.70. The fourth-order valence-corrected chi connectivity index (χ4v) is 0.983. The van der Waals surface area contributed by atoms with Crippen LogP contribution < -0.4 is 16.6 Å². The molecule has 7 nitrogen and oxygen atoms in total. The Kier molecular flexibility index (Phi) is 1.91. The van der Waals surface area contributed by atoms with Crippen molar-refractivity contribution >= 4 is 5.91 Å². The average Bonchev–Trinajstić information content (AvgIpc) is 2.87. The van der Waals surface area contributed by atoms with Crippen molar-refractivity contribution in [1.29, 1.82) is 0 Å². The highest BCUT2D eigenvalue weighted by Crippen LogP contribution is 2.18. The van der Waals surface area contributed by atoms with Crippen molar-refractivity contribution in [2.75, 3.05) is 0 Å². The maximum atomic E-state index is 11.3. The van der Waals surface area contributed by atoms with Crippen LogP contribution in [0.2, 0.25) is 0 Å². The third-order valence-electron chi connectivity index (χ3n) is 1.84. The van der Waals surface area contributed by atoms with E-state index < -0.39 is 17.2 Å². The molecule has 1 aromatic heterocycles. The molecule has 1 saturated carbocycles. The standard InChI is InChI=1S/C7H8N4O3/c12-5(8-3-1-2-3)4-6(13)9-7(14)11-10-4/h3H,1-2H2,(H,8,12)(H2,9,11,13,14). The predicted octanol–water partition coefficient (Wildman–Crippen LogP) is -1.65. The number of aromatic nitrogens is 3. The van der Waals surface area contributed by atoms with Crippen LogP contribution in [0.3, 0.4) is 0 Å². The molecule has 0 aliphatic heterocycles. The van der Waals surface area contributed by atoms with E-state index in [9.17, 15) is 14.4 Å². The summed E-state index contributed by atoms with van der Waals surface area (Å²) < 4.78 is 0. The zero-order valence-electron chi connectivity index (χ0n) is 7.16. The summed E-state index contributed by atoms with van der Waals surface area (Å²) in [5, 5.41) is 7.95. The minimum atomic E-state index is -0.771. The number of rotatable bonds is 2. The third-order valence-corrected chi connectivity index (χ3v) is 1.84. The van der Waals surface area contributed by atoms with Crippen LogP contribution in [0.4, 0.5) is 0 Å². The number of nitrogens with zero attached hydrogens (tertiary/aromatic N) is 1. The minimum Gasteiger partial charge on any atom is -0.348 e. The van der Waals surface area contributed by atoms with Crippen molar-refractivity contribution in [1.82, 2.24) is 20.5 Å². The minimum absolute atomic E-state index is 0.149. The molecule has 0 saturated heterocycles. The largest absolute Gasteiger partial charge is 0.348 e. The second kappa shape index (κ2) is 3.09. The first-order valence-electron chi connectivity index (χ1n) is 4.16. The van der Waals surface area contributed by atoms with Gasteiger partial charge in [-0.25, -0.2) is 9.89 Å². The molecular weight excluding hydrogens is 188 g/mol. The number of aromatic amines is 2. The maximum Gasteiger partial charge on any atom is 0.342 e. The summed E-state index contributed by atoms with van der Waals surface area (Å²) in [4.78, 5) is 34.9. The molecule has 0 bridgehead atoms. The van der Waals surface area contributed by atoms with E-state index >= 15 is 0 Å². The summed E-state index contributed by atoms with van der Waals surface area (Å²) in [5.74, 6) is -0.551. The van der Waals surface area contributed by atoms with Gasteiger partial charge in [0, 0.05) is 6.04 Å². The first-order valence-corrected chi connectivity index (χ1v) is 4.16. The van der Waals surface area contributed by atoms with Gasteiger partial charge in [-0.15, -0.1) is 0 Å². The van der Waals surface area contributed by atoms with Crippen LogP contribution in [0.15, 0.2) is 9.59 Å². The van der Waals surface area contributed by atoms with Gasteiger partial charge < -0.3 is 5.32 Å². The smallest absolute Gasteiger partial charge is 0.342 e. The molecule has 0 atom stereocenters. The van der Waals surface area contributed by atoms with E-state index in [4.69, 9.17) is 0 Å². The molecule has 1 fully saturated rings. The van der Waals surface area contributed by atoms with Gasteiger partial charge in [0.1, 0.15) is 0 Å². The van der Waals surface area contributed by atoms with E-state index in [-0.39, 0.29) is 11.7 Å². The Hall–Kier alpha value is -1.92. The van der Waals surface area contributed by atoms with Crippen molar-refractivity contribution in [2.24, 2.45) is 0 Å². The molecule has 0 aromatic carbocycles. The molecule has 1 amide bonds. The van der Waals surface area contributed by atoms with Gasteiger partial charge in [-0.2, -0.15) is 5.10 Å². The summed E-state index contributed by atoms with van der Waals surface area (Å²) in [6.07, 6.45) is 1.85. The Bertz CT molecular complexity index is 470. The lowest BCUT2D eigenvalue weighted by Crippen LogP contribution is -2.36. The number of H-pyrrole nitrogens is 2. The molecule has 1 aromatic rings. The molecule has 1 heterocycles. The van der Waals surface area contributed by atoms with Crippen molar-refractivity contribution in [3.63, 3.8) is 0 Å². The summed E-state index contributed by atoms with van der Waals surface area (Å²) >= 11 is 0. The normalized spacial score (nSPS) is 15.1. The SMILES string of the molecule is O=C(NC1CC1)c1n[nH]c(=O)[nH]c1=O. The molecule has 14 heavy (non-hydrogen) atoms. The van der Waals surface area contributed by atoms with Gasteiger partial charge in [-0.05, 0) is 12.8 Å². The Balaban J connectivity index is 2.26. The molecule has 0 unspecified atom stereocenters. The summed E-state index contributed by atoms with van der Waals surface area (Å²) in [6, 6.07) is 0.149. The van der Waals surface area contributed by atoms with Crippen LogP contribution in [-0.2, 0) is 0 Å². The number of hydrogen-bond donors (Lipinski definition) is 3. The van der Waals surface area contributed by atoms with Gasteiger partial charge in [0.05, 0.1) is 0 Å². The number of carbonyl (C=O) groups excluding carboxylic acids is 1. The monoisotopic (exact) mass is 196 g/mol. The Labute approximate surface area is 77.5 Å². The van der Waals surface area contributed by atoms with Gasteiger partial charge in [0.2, 0.25) is 5.69 Å². The van der Waals surface area contributed by atoms with Gasteiger partial charge in [-0.3, -0.25) is 14.6 Å². The fourth-order valence-electron chi connectivity index (χ4n) is 0.983. The van der Waals surface area contributed by atoms with Crippen LogP contribution in [0.1, 0.15) is 23.3 Å². The number of nitrogens with one attached hydrogen (secondary N) is 3. The Morgan fingerprint density at radius 1 is 1.43 bits per heavy atom. The van der Waals surface area contributed by atoms with Crippen LogP contribution >= 0.6 is 0 Å².